The summed E-state index contributed by atoms with van der Waals surface area (Å²) in [5.41, 5.74) is 2.04. The summed E-state index contributed by atoms with van der Waals surface area (Å²) in [6.07, 6.45) is 5.85. The van der Waals surface area contributed by atoms with Crippen LogP contribution in [0.2, 0.25) is 0 Å². The number of carbonyl (C=O) groups excluding carboxylic acids is 1. The molecule has 0 aromatic carbocycles. The molecule has 3 nitrogen and oxygen atoms in total. The summed E-state index contributed by atoms with van der Waals surface area (Å²) in [4.78, 5) is 18.1. The highest BCUT2D eigenvalue weighted by molar-refractivity contribution is 6.35. The number of allylic oxidation sites excluding steroid dienone is 2. The molecule has 0 aromatic heterocycles. The minimum atomic E-state index is 0. The molecule has 0 aliphatic carbocycles. The van der Waals surface area contributed by atoms with Crippen LogP contribution in [0.15, 0.2) is 33.5 Å². The lowest BCUT2D eigenvalue weighted by atomic mass is 10.3. The molecule has 0 saturated carbocycles. The Morgan fingerprint density at radius 3 is 2.67 bits per heavy atom. The van der Waals surface area contributed by atoms with E-state index in [-0.39, 0.29) is 26.2 Å². The first-order valence-corrected chi connectivity index (χ1v) is 2.90. The molecule has 0 N–H and O–H groups in total. The highest BCUT2D eigenvalue weighted by Crippen LogP contribution is 2.22. The molecule has 0 radical (unpaired) electrons. The monoisotopic (exact) mass is 205 g/mol. The summed E-state index contributed by atoms with van der Waals surface area (Å²) in [5, 5.41) is 0. The third kappa shape index (κ3) is 1.62. The van der Waals surface area contributed by atoms with Gasteiger partial charge in [0.25, 0.3) is 0 Å². The quantitative estimate of drug-likeness (QED) is 0.598. The fourth-order valence-electron chi connectivity index (χ4n) is 0.917. The molecule has 0 aromatic rings. The number of nitrogens with zero attached hydrogens (tertiary/aromatic N) is 2. The fraction of sp³-hybridized carbons (Fsp3) is 0. The largest absolute Gasteiger partial charge is 1.00 e. The molecule has 0 spiro atoms. The number of rotatable bonds is 1. The molecule has 2 rings (SSSR count). The molecule has 0 bridgehead atoms. The van der Waals surface area contributed by atoms with Gasteiger partial charge in [-0.1, -0.05) is 0 Å². The molecule has 2 aliphatic heterocycles. The van der Waals surface area contributed by atoms with E-state index in [4.69, 9.17) is 0 Å². The van der Waals surface area contributed by atoms with Crippen LogP contribution in [0.25, 0.3) is 0 Å². The molecule has 2 aliphatic rings. The van der Waals surface area contributed by atoms with Crippen LogP contribution in [0.4, 0.5) is 0 Å². The third-order valence-electron chi connectivity index (χ3n) is 1.36. The summed E-state index contributed by atoms with van der Waals surface area (Å²) in [7, 11) is 0. The van der Waals surface area contributed by atoms with Gasteiger partial charge >= 0.3 is 1.43 Å². The maximum absolute atomic E-state index is 10.2. The summed E-state index contributed by atoms with van der Waals surface area (Å²) in [6, 6.07) is 0. The number of fused-ring (bicyclic) bond motifs is 1. The molecule has 0 fully saturated rings. The van der Waals surface area contributed by atoms with Crippen LogP contribution >= 0.6 is 24.8 Å². The Balaban J connectivity index is 0. The minimum absolute atomic E-state index is 0. The third-order valence-corrected chi connectivity index (χ3v) is 1.36. The van der Waals surface area contributed by atoms with Crippen molar-refractivity contribution in [3.05, 3.63) is 23.5 Å². The van der Waals surface area contributed by atoms with Gasteiger partial charge in [-0.25, -0.2) is 4.99 Å². The number of hydrogen-bond donors (Lipinski definition) is 0. The van der Waals surface area contributed by atoms with E-state index < -0.39 is 0 Å². The Morgan fingerprint density at radius 2 is 2.08 bits per heavy atom. The van der Waals surface area contributed by atoms with Crippen molar-refractivity contribution in [1.82, 2.24) is 0 Å². The molecular formula is C7H7Cl2N2O+. The lowest BCUT2D eigenvalue weighted by molar-refractivity contribution is -0.102. The molecule has 64 valence electrons. The zero-order chi connectivity index (χ0) is 6.97. The Morgan fingerprint density at radius 1 is 1.33 bits per heavy atom. The number of carbonyl (C=O) groups is 1. The predicted octanol–water partition coefficient (Wildman–Crippen LogP) is 1.45. The molecule has 0 atom stereocenters. The molecule has 0 unspecified atom stereocenters. The van der Waals surface area contributed by atoms with Gasteiger partial charge in [0.15, 0.2) is 6.29 Å². The zero-order valence-electron chi connectivity index (χ0n) is 6.93. The zero-order valence-corrected chi connectivity index (χ0v) is 7.56. The van der Waals surface area contributed by atoms with Crippen LogP contribution in [-0.2, 0) is 4.79 Å². The van der Waals surface area contributed by atoms with Crippen molar-refractivity contribution >= 4 is 43.0 Å². The second kappa shape index (κ2) is 4.18. The highest BCUT2D eigenvalue weighted by Gasteiger charge is 2.14. The number of halogens is 2. The lowest BCUT2D eigenvalue weighted by Crippen LogP contribution is -1.88. The predicted molar refractivity (Wildman–Crippen MR) is 53.8 cm³/mol. The lowest BCUT2D eigenvalue weighted by Gasteiger charge is -1.82. The van der Waals surface area contributed by atoms with Gasteiger partial charge in [-0.2, -0.15) is 0 Å². The van der Waals surface area contributed by atoms with E-state index in [1.54, 1.807) is 18.4 Å². The number of hydrogen-bond acceptors (Lipinski definition) is 3. The van der Waals surface area contributed by atoms with Crippen molar-refractivity contribution in [3.8, 4) is 0 Å². The average molecular weight is 206 g/mol. The van der Waals surface area contributed by atoms with Crippen LogP contribution in [0, 0.1) is 0 Å². The van der Waals surface area contributed by atoms with E-state index >= 15 is 0 Å². The van der Waals surface area contributed by atoms with E-state index in [1.807, 2.05) is 0 Å². The normalized spacial score (nSPS) is 16.5. The van der Waals surface area contributed by atoms with Gasteiger partial charge < -0.3 is 0 Å². The molecule has 0 saturated heterocycles. The molecule has 2 heterocycles. The molecule has 5 heteroatoms. The summed E-state index contributed by atoms with van der Waals surface area (Å²) < 4.78 is 0. The van der Waals surface area contributed by atoms with Crippen molar-refractivity contribution in [3.63, 3.8) is 0 Å². The van der Waals surface area contributed by atoms with Crippen molar-refractivity contribution in [2.75, 3.05) is 0 Å². The Bertz CT molecular complexity index is 320. The van der Waals surface area contributed by atoms with Crippen molar-refractivity contribution < 1.29 is 6.22 Å². The van der Waals surface area contributed by atoms with Gasteiger partial charge in [0.05, 0.1) is 11.4 Å². The molecule has 12 heavy (non-hydrogen) atoms. The van der Waals surface area contributed by atoms with Crippen LogP contribution in [0.3, 0.4) is 0 Å². The smallest absolute Gasteiger partial charge is 0.296 e. The fourth-order valence-corrected chi connectivity index (χ4v) is 0.917. The van der Waals surface area contributed by atoms with Crippen LogP contribution < -0.4 is 0 Å². The second-order valence-corrected chi connectivity index (χ2v) is 2.01. The van der Waals surface area contributed by atoms with Crippen molar-refractivity contribution in [1.29, 1.82) is 0 Å². The van der Waals surface area contributed by atoms with Gasteiger partial charge in [-0.15, -0.1) is 24.8 Å². The van der Waals surface area contributed by atoms with Crippen LogP contribution in [0.5, 0.6) is 0 Å². The van der Waals surface area contributed by atoms with E-state index in [9.17, 15) is 4.79 Å². The van der Waals surface area contributed by atoms with Gasteiger partial charge in [0.2, 0.25) is 0 Å². The van der Waals surface area contributed by atoms with Crippen molar-refractivity contribution in [2.45, 2.75) is 0 Å². The Labute approximate surface area is 83.3 Å². The Hall–Kier alpha value is -0.930. The molecule has 0 amide bonds. The van der Waals surface area contributed by atoms with Gasteiger partial charge in [-0.05, 0) is 12.2 Å². The van der Waals surface area contributed by atoms with E-state index in [0.29, 0.717) is 5.71 Å². The first kappa shape index (κ1) is 11.1. The van der Waals surface area contributed by atoms with Crippen LogP contribution in [0.1, 0.15) is 1.43 Å². The maximum atomic E-state index is 10.2. The van der Waals surface area contributed by atoms with Gasteiger partial charge in [-0.3, -0.25) is 9.79 Å². The Kier molecular flexibility index (Phi) is 3.86. The maximum Gasteiger partial charge on any atom is 1.00 e. The first-order chi connectivity index (χ1) is 4.90. The number of aldehydes is 1. The van der Waals surface area contributed by atoms with E-state index in [0.717, 1.165) is 17.7 Å². The number of aliphatic imine (C=N–C) groups is 2. The second-order valence-electron chi connectivity index (χ2n) is 2.01. The SMILES string of the molecule is Cl.Cl.O=CC1=NC2=CC=NC2=C1.[H+]. The topological polar surface area (TPSA) is 41.8 Å². The van der Waals surface area contributed by atoms with E-state index in [2.05, 4.69) is 9.98 Å². The minimum Gasteiger partial charge on any atom is -0.296 e. The highest BCUT2D eigenvalue weighted by atomic mass is 35.5. The summed E-state index contributed by atoms with van der Waals surface area (Å²) in [5.74, 6) is 0. The van der Waals surface area contributed by atoms with E-state index in [1.165, 1.54) is 0 Å². The first-order valence-electron chi connectivity index (χ1n) is 2.90. The molecular weight excluding hydrogens is 199 g/mol. The summed E-state index contributed by atoms with van der Waals surface area (Å²) in [6.45, 7) is 0. The average Bonchev–Trinajstić information content (AvgIpc) is 2.42. The van der Waals surface area contributed by atoms with Gasteiger partial charge in [0.1, 0.15) is 5.71 Å². The van der Waals surface area contributed by atoms with Gasteiger partial charge in [0, 0.05) is 6.21 Å². The standard InChI is InChI=1S/C7H4N2O.2ClH/c10-4-5-3-7-6(9-5)1-2-8-7;;/h1-4H;2*1H/p+1. The summed E-state index contributed by atoms with van der Waals surface area (Å²) >= 11 is 0. The van der Waals surface area contributed by atoms with Crippen LogP contribution in [-0.4, -0.2) is 18.2 Å². The van der Waals surface area contributed by atoms with Crippen molar-refractivity contribution in [2.24, 2.45) is 9.98 Å².